The van der Waals surface area contributed by atoms with Crippen LogP contribution in [0.5, 0.6) is 0 Å². The van der Waals surface area contributed by atoms with E-state index in [1.165, 1.54) is 30.3 Å². The molecule has 0 radical (unpaired) electrons. The minimum absolute atomic E-state index is 0.0862. The summed E-state index contributed by atoms with van der Waals surface area (Å²) in [6.45, 7) is 0. The Morgan fingerprint density at radius 3 is 2.32 bits per heavy atom. The molecule has 3 N–H and O–H groups in total. The second kappa shape index (κ2) is 9.50. The average Bonchev–Trinajstić information content (AvgIpc) is 3.27. The summed E-state index contributed by atoms with van der Waals surface area (Å²) in [6.07, 6.45) is 6.45. The van der Waals surface area contributed by atoms with Crippen LogP contribution in [0.15, 0.2) is 95.8 Å². The predicted molar refractivity (Wildman–Crippen MR) is 127 cm³/mol. The molecule has 4 rings (SSSR count). The lowest BCUT2D eigenvalue weighted by molar-refractivity contribution is -0.112. The molecule has 1 amide bonds. The van der Waals surface area contributed by atoms with Crippen molar-refractivity contribution in [2.24, 2.45) is 5.14 Å². The van der Waals surface area contributed by atoms with Crippen molar-refractivity contribution in [2.75, 3.05) is 5.32 Å². The van der Waals surface area contributed by atoms with Crippen molar-refractivity contribution >= 4 is 27.7 Å². The molecule has 2 aromatic carbocycles. The smallest absolute Gasteiger partial charge is 0.266 e. The van der Waals surface area contributed by atoms with E-state index >= 15 is 0 Å². The number of primary sulfonamides is 1. The number of carbonyl (C=O) groups is 1. The minimum atomic E-state index is -3.85. The highest BCUT2D eigenvalue weighted by molar-refractivity contribution is 7.89. The van der Waals surface area contributed by atoms with Gasteiger partial charge in [0.05, 0.1) is 10.6 Å². The normalized spacial score (nSPS) is 11.6. The van der Waals surface area contributed by atoms with E-state index in [-0.39, 0.29) is 10.5 Å². The second-order valence-corrected chi connectivity index (χ2v) is 8.70. The number of nitriles is 1. The van der Waals surface area contributed by atoms with Crippen LogP contribution < -0.4 is 10.5 Å². The molecule has 4 aromatic rings. The molecule has 0 bridgehead atoms. The van der Waals surface area contributed by atoms with E-state index in [1.54, 1.807) is 35.4 Å². The van der Waals surface area contributed by atoms with E-state index in [0.29, 0.717) is 16.9 Å². The molecule has 0 unspecified atom stereocenters. The van der Waals surface area contributed by atoms with E-state index in [2.05, 4.69) is 15.4 Å². The average molecular weight is 471 g/mol. The summed E-state index contributed by atoms with van der Waals surface area (Å²) in [4.78, 5) is 16.7. The molecule has 0 saturated carbocycles. The molecule has 0 aliphatic heterocycles. The lowest BCUT2D eigenvalue weighted by Crippen LogP contribution is -2.14. The number of hydrogen-bond acceptors (Lipinski definition) is 6. The molecule has 2 heterocycles. The van der Waals surface area contributed by atoms with Crippen molar-refractivity contribution in [3.05, 3.63) is 96.5 Å². The van der Waals surface area contributed by atoms with Crippen LogP contribution in [0.1, 0.15) is 5.56 Å². The first-order valence-electron chi connectivity index (χ1n) is 9.96. The summed E-state index contributed by atoms with van der Waals surface area (Å²) in [6, 6.07) is 20.2. The number of rotatable bonds is 6. The Hall–Kier alpha value is -4.59. The first-order valence-corrected chi connectivity index (χ1v) is 11.5. The lowest BCUT2D eigenvalue weighted by atomic mass is 10.1. The van der Waals surface area contributed by atoms with E-state index in [1.807, 2.05) is 36.4 Å². The molecule has 0 spiro atoms. The van der Waals surface area contributed by atoms with Gasteiger partial charge in [-0.25, -0.2) is 18.2 Å². The fourth-order valence-electron chi connectivity index (χ4n) is 3.17. The van der Waals surface area contributed by atoms with Crippen LogP contribution in [0.4, 0.5) is 5.69 Å². The number of aromatic nitrogens is 3. The highest BCUT2D eigenvalue weighted by atomic mass is 32.2. The number of nitrogens with zero attached hydrogens (tertiary/aromatic N) is 4. The lowest BCUT2D eigenvalue weighted by Gasteiger charge is -2.05. The standard InChI is InChI=1S/C24H18N6O3S/c25-15-18(24(31)28-20-6-8-22(9-7-20)34(26,32)33)14-19-16-30(21-4-2-1-3-5-21)29-23(19)17-10-12-27-13-11-17/h1-14,16H,(H,28,31)(H2,26,32,33)/b18-14+. The van der Waals surface area contributed by atoms with Gasteiger partial charge in [0.15, 0.2) is 0 Å². The van der Waals surface area contributed by atoms with Gasteiger partial charge in [-0.1, -0.05) is 18.2 Å². The van der Waals surface area contributed by atoms with Crippen molar-refractivity contribution in [2.45, 2.75) is 4.90 Å². The monoisotopic (exact) mass is 470 g/mol. The van der Waals surface area contributed by atoms with Crippen LogP contribution in [-0.2, 0) is 14.8 Å². The van der Waals surface area contributed by atoms with E-state index in [9.17, 15) is 18.5 Å². The Balaban J connectivity index is 1.69. The van der Waals surface area contributed by atoms with Gasteiger partial charge >= 0.3 is 0 Å². The van der Waals surface area contributed by atoms with Gasteiger partial charge in [0.1, 0.15) is 17.3 Å². The van der Waals surface area contributed by atoms with E-state index in [0.717, 1.165) is 11.3 Å². The third-order valence-corrected chi connectivity index (χ3v) is 5.75. The van der Waals surface area contributed by atoms with Crippen molar-refractivity contribution in [1.82, 2.24) is 14.8 Å². The SMILES string of the molecule is N#C/C(=C\c1cn(-c2ccccc2)nc1-c1ccncc1)C(=O)Nc1ccc(S(N)(=O)=O)cc1. The maximum Gasteiger partial charge on any atom is 0.266 e. The maximum absolute atomic E-state index is 12.8. The molecule has 34 heavy (non-hydrogen) atoms. The summed E-state index contributed by atoms with van der Waals surface area (Å²) in [7, 11) is -3.85. The summed E-state index contributed by atoms with van der Waals surface area (Å²) >= 11 is 0. The summed E-state index contributed by atoms with van der Waals surface area (Å²) < 4.78 is 24.5. The highest BCUT2D eigenvalue weighted by Crippen LogP contribution is 2.25. The summed E-state index contributed by atoms with van der Waals surface area (Å²) in [5.74, 6) is -0.654. The second-order valence-electron chi connectivity index (χ2n) is 7.14. The van der Waals surface area contributed by atoms with Gasteiger partial charge in [-0.2, -0.15) is 10.4 Å². The molecule has 10 heteroatoms. The Bertz CT molecular complexity index is 1500. The van der Waals surface area contributed by atoms with E-state index < -0.39 is 15.9 Å². The van der Waals surface area contributed by atoms with Gasteiger partial charge in [-0.3, -0.25) is 9.78 Å². The fourth-order valence-corrected chi connectivity index (χ4v) is 3.69. The molecule has 9 nitrogen and oxygen atoms in total. The maximum atomic E-state index is 12.8. The first-order chi connectivity index (χ1) is 16.3. The summed E-state index contributed by atoms with van der Waals surface area (Å²) in [5, 5.41) is 22.0. The minimum Gasteiger partial charge on any atom is -0.321 e. The molecule has 2 aromatic heterocycles. The van der Waals surface area contributed by atoms with E-state index in [4.69, 9.17) is 5.14 Å². The van der Waals surface area contributed by atoms with Crippen LogP contribution >= 0.6 is 0 Å². The molecular formula is C24H18N6O3S. The van der Waals surface area contributed by atoms with Crippen molar-refractivity contribution in [3.63, 3.8) is 0 Å². The Morgan fingerprint density at radius 2 is 1.71 bits per heavy atom. The highest BCUT2D eigenvalue weighted by Gasteiger charge is 2.16. The van der Waals surface area contributed by atoms with Gasteiger partial charge in [-0.15, -0.1) is 0 Å². The quantitative estimate of drug-likeness (QED) is 0.327. The van der Waals surface area contributed by atoms with Gasteiger partial charge in [0, 0.05) is 35.4 Å². The van der Waals surface area contributed by atoms with Crippen LogP contribution in [0.25, 0.3) is 23.0 Å². The number of nitrogens with two attached hydrogens (primary N) is 1. The van der Waals surface area contributed by atoms with Crippen LogP contribution in [0, 0.1) is 11.3 Å². The molecule has 168 valence electrons. The van der Waals surface area contributed by atoms with Crippen molar-refractivity contribution < 1.29 is 13.2 Å². The van der Waals surface area contributed by atoms with Crippen molar-refractivity contribution in [3.8, 4) is 23.0 Å². The molecule has 0 aliphatic carbocycles. The van der Waals surface area contributed by atoms with Crippen molar-refractivity contribution in [1.29, 1.82) is 5.26 Å². The number of para-hydroxylation sites is 1. The number of amides is 1. The predicted octanol–water partition coefficient (Wildman–Crippen LogP) is 3.13. The number of carbonyl (C=O) groups excluding carboxylic acids is 1. The third-order valence-electron chi connectivity index (χ3n) is 4.82. The zero-order valence-electron chi connectivity index (χ0n) is 17.7. The molecule has 0 aliphatic rings. The largest absolute Gasteiger partial charge is 0.321 e. The molecule has 0 saturated heterocycles. The van der Waals surface area contributed by atoms with Gasteiger partial charge in [-0.05, 0) is 54.6 Å². The molecule has 0 atom stereocenters. The topological polar surface area (TPSA) is 144 Å². The molecule has 0 fully saturated rings. The van der Waals surface area contributed by atoms with Crippen LogP contribution in [-0.4, -0.2) is 29.1 Å². The fraction of sp³-hybridized carbons (Fsp3) is 0. The number of pyridine rings is 1. The number of nitrogens with one attached hydrogen (secondary N) is 1. The zero-order valence-corrected chi connectivity index (χ0v) is 18.5. The first kappa shape index (κ1) is 22.6. The van der Waals surface area contributed by atoms with Crippen LogP contribution in [0.3, 0.4) is 0 Å². The third kappa shape index (κ3) is 5.07. The Morgan fingerprint density at radius 1 is 1.03 bits per heavy atom. The Labute approximate surface area is 195 Å². The number of benzene rings is 2. The summed E-state index contributed by atoms with van der Waals surface area (Å²) in [5.41, 5.74) is 2.88. The zero-order chi connectivity index (χ0) is 24.1. The van der Waals surface area contributed by atoms with Gasteiger partial charge < -0.3 is 5.32 Å². The van der Waals surface area contributed by atoms with Crippen LogP contribution in [0.2, 0.25) is 0 Å². The molecular weight excluding hydrogens is 452 g/mol. The van der Waals surface area contributed by atoms with Gasteiger partial charge in [0.25, 0.3) is 5.91 Å². The number of hydrogen-bond donors (Lipinski definition) is 2. The number of anilines is 1. The Kier molecular flexibility index (Phi) is 6.31. The number of sulfonamides is 1. The van der Waals surface area contributed by atoms with Gasteiger partial charge in [0.2, 0.25) is 10.0 Å².